The average Bonchev–Trinajstić information content (AvgIpc) is 2.95. The number of carbonyl (C=O) groups is 3. The number of nitrogens with zero attached hydrogens (tertiary/aromatic N) is 3. The number of rotatable bonds is 6. The lowest BCUT2D eigenvalue weighted by molar-refractivity contribution is -0.383. The summed E-state index contributed by atoms with van der Waals surface area (Å²) >= 11 is 0. The quantitative estimate of drug-likeness (QED) is 0.290. The molecule has 0 aliphatic heterocycles. The van der Waals surface area contributed by atoms with E-state index in [0.717, 1.165) is 4.57 Å². The lowest BCUT2D eigenvalue weighted by Gasteiger charge is -2.20. The van der Waals surface area contributed by atoms with Crippen LogP contribution in [0.1, 0.15) is 52.2 Å². The maximum Gasteiger partial charge on any atom is 0.375 e. The molecule has 168 valence electrons. The second kappa shape index (κ2) is 8.70. The van der Waals surface area contributed by atoms with Gasteiger partial charge < -0.3 is 18.8 Å². The molecule has 0 saturated carbocycles. The van der Waals surface area contributed by atoms with Gasteiger partial charge in [0.1, 0.15) is 17.7 Å². The fourth-order valence-electron chi connectivity index (χ4n) is 2.66. The number of esters is 3. The molecule has 11 nitrogen and oxygen atoms in total. The minimum atomic E-state index is -1.04. The monoisotopic (exact) mass is 435 g/mol. The lowest BCUT2D eigenvalue weighted by Crippen LogP contribution is -2.29. The van der Waals surface area contributed by atoms with E-state index in [1.54, 1.807) is 41.5 Å². The molecule has 0 aliphatic carbocycles. The number of ether oxygens (including phenoxy) is 3. The molecule has 1 aromatic carbocycles. The van der Waals surface area contributed by atoms with Crippen LogP contribution in [-0.2, 0) is 30.3 Å². The highest BCUT2D eigenvalue weighted by Crippen LogP contribution is 2.26. The van der Waals surface area contributed by atoms with E-state index in [4.69, 9.17) is 14.2 Å². The van der Waals surface area contributed by atoms with Crippen LogP contribution in [0.5, 0.6) is 0 Å². The average molecular weight is 435 g/mol. The van der Waals surface area contributed by atoms with Crippen molar-refractivity contribution in [2.45, 2.75) is 59.3 Å². The lowest BCUT2D eigenvalue weighted by atomic mass is 10.2. The number of hydrogen-bond donors (Lipinski definition) is 0. The molecule has 2 rings (SSSR count). The minimum absolute atomic E-state index is 0.0970. The first-order chi connectivity index (χ1) is 14.2. The third-order valence-corrected chi connectivity index (χ3v) is 3.59. The van der Waals surface area contributed by atoms with Crippen molar-refractivity contribution in [1.82, 2.24) is 9.55 Å². The Morgan fingerprint density at radius 2 is 1.61 bits per heavy atom. The predicted molar refractivity (Wildman–Crippen MR) is 108 cm³/mol. The van der Waals surface area contributed by atoms with Gasteiger partial charge in [0.2, 0.25) is 5.82 Å². The number of nitro groups is 1. The summed E-state index contributed by atoms with van der Waals surface area (Å²) in [6.45, 7) is 8.89. The SMILES string of the molecule is CC(C)(C)OC(=O)COC(=O)c1nc2c([N+](=O)[O-])cccc2n1CC(=O)OC(C)(C)C. The molecule has 0 fully saturated rings. The largest absolute Gasteiger partial charge is 0.459 e. The Morgan fingerprint density at radius 1 is 1.03 bits per heavy atom. The molecule has 0 amide bonds. The molecule has 0 N–H and O–H groups in total. The summed E-state index contributed by atoms with van der Waals surface area (Å²) in [6, 6.07) is 4.11. The maximum atomic E-state index is 12.6. The molecule has 31 heavy (non-hydrogen) atoms. The number of imidazole rings is 1. The Bertz CT molecular complexity index is 1030. The fourth-order valence-corrected chi connectivity index (χ4v) is 2.66. The highest BCUT2D eigenvalue weighted by Gasteiger charge is 2.28. The van der Waals surface area contributed by atoms with Crippen LogP contribution in [0, 0.1) is 10.1 Å². The fraction of sp³-hybridized carbons (Fsp3) is 0.500. The highest BCUT2D eigenvalue weighted by molar-refractivity contribution is 5.95. The van der Waals surface area contributed by atoms with E-state index < -0.39 is 47.2 Å². The van der Waals surface area contributed by atoms with Gasteiger partial charge in [0.25, 0.3) is 5.69 Å². The molecule has 1 aromatic heterocycles. The normalized spacial score (nSPS) is 11.8. The van der Waals surface area contributed by atoms with Gasteiger partial charge in [-0.1, -0.05) is 6.07 Å². The molecule has 0 aliphatic rings. The molecular weight excluding hydrogens is 410 g/mol. The van der Waals surface area contributed by atoms with E-state index >= 15 is 0 Å². The summed E-state index contributed by atoms with van der Waals surface area (Å²) in [5.74, 6) is -2.88. The zero-order valence-electron chi connectivity index (χ0n) is 18.3. The Hall–Kier alpha value is -3.50. The van der Waals surface area contributed by atoms with Gasteiger partial charge in [0, 0.05) is 6.07 Å². The van der Waals surface area contributed by atoms with Crippen LogP contribution in [0.25, 0.3) is 11.0 Å². The van der Waals surface area contributed by atoms with Crippen molar-refractivity contribution in [3.05, 3.63) is 34.1 Å². The van der Waals surface area contributed by atoms with Gasteiger partial charge in [-0.3, -0.25) is 14.9 Å². The van der Waals surface area contributed by atoms with Crippen LogP contribution >= 0.6 is 0 Å². The zero-order chi connectivity index (χ0) is 23.6. The van der Waals surface area contributed by atoms with Crippen LogP contribution in [0.3, 0.4) is 0 Å². The predicted octanol–water partition coefficient (Wildman–Crippen LogP) is 2.78. The highest BCUT2D eigenvalue weighted by atomic mass is 16.6. The summed E-state index contributed by atoms with van der Waals surface area (Å²) in [7, 11) is 0. The van der Waals surface area contributed by atoms with E-state index in [0.29, 0.717) is 0 Å². The van der Waals surface area contributed by atoms with E-state index in [2.05, 4.69) is 4.98 Å². The number of hydrogen-bond acceptors (Lipinski definition) is 9. The van der Waals surface area contributed by atoms with Crippen LogP contribution in [0.4, 0.5) is 5.69 Å². The maximum absolute atomic E-state index is 12.6. The number of benzene rings is 1. The summed E-state index contributed by atoms with van der Waals surface area (Å²) < 4.78 is 16.5. The van der Waals surface area contributed by atoms with Gasteiger partial charge in [-0.05, 0) is 47.6 Å². The molecule has 0 spiro atoms. The van der Waals surface area contributed by atoms with E-state index in [1.165, 1.54) is 18.2 Å². The van der Waals surface area contributed by atoms with Gasteiger partial charge in [0.05, 0.1) is 10.4 Å². The summed E-state index contributed by atoms with van der Waals surface area (Å²) in [5, 5.41) is 11.4. The standard InChI is InChI=1S/C20H25N3O8/c1-19(2,3)30-14(24)10-22-12-8-7-9-13(23(27)28)16(12)21-17(22)18(26)29-11-15(25)31-20(4,5)6/h7-9H,10-11H2,1-6H3. The van der Waals surface area contributed by atoms with Crippen molar-refractivity contribution in [3.63, 3.8) is 0 Å². The molecule has 0 unspecified atom stereocenters. The van der Waals surface area contributed by atoms with Crippen LogP contribution in [0.15, 0.2) is 18.2 Å². The molecule has 1 heterocycles. The smallest absolute Gasteiger partial charge is 0.375 e. The van der Waals surface area contributed by atoms with Gasteiger partial charge in [0.15, 0.2) is 12.1 Å². The molecule has 0 radical (unpaired) electrons. The Balaban J connectivity index is 2.40. The van der Waals surface area contributed by atoms with Crippen LogP contribution in [-0.4, -0.2) is 50.2 Å². The first-order valence-corrected chi connectivity index (χ1v) is 9.42. The number of fused-ring (bicyclic) bond motifs is 1. The number of para-hydroxylation sites is 1. The van der Waals surface area contributed by atoms with E-state index in [1.807, 2.05) is 0 Å². The second-order valence-electron chi connectivity index (χ2n) is 8.67. The first-order valence-electron chi connectivity index (χ1n) is 9.42. The number of aromatic nitrogens is 2. The minimum Gasteiger partial charge on any atom is -0.459 e. The topological polar surface area (TPSA) is 140 Å². The zero-order valence-corrected chi connectivity index (χ0v) is 18.3. The Kier molecular flexibility index (Phi) is 6.67. The second-order valence-corrected chi connectivity index (χ2v) is 8.67. The Labute approximate surface area is 178 Å². The van der Waals surface area contributed by atoms with Crippen molar-refractivity contribution in [1.29, 1.82) is 0 Å². The number of carbonyl (C=O) groups excluding carboxylic acids is 3. The van der Waals surface area contributed by atoms with Crippen molar-refractivity contribution in [2.24, 2.45) is 0 Å². The number of non-ortho nitro benzene ring substituents is 1. The summed E-state index contributed by atoms with van der Waals surface area (Å²) in [5.41, 5.74) is -1.82. The van der Waals surface area contributed by atoms with Gasteiger partial charge >= 0.3 is 17.9 Å². The van der Waals surface area contributed by atoms with Crippen molar-refractivity contribution >= 4 is 34.6 Å². The van der Waals surface area contributed by atoms with E-state index in [-0.39, 0.29) is 22.5 Å². The molecule has 0 saturated heterocycles. The van der Waals surface area contributed by atoms with E-state index in [9.17, 15) is 24.5 Å². The van der Waals surface area contributed by atoms with Crippen molar-refractivity contribution < 1.29 is 33.5 Å². The van der Waals surface area contributed by atoms with Crippen LogP contribution < -0.4 is 0 Å². The van der Waals surface area contributed by atoms with Crippen LogP contribution in [0.2, 0.25) is 0 Å². The Morgan fingerprint density at radius 3 is 2.16 bits per heavy atom. The first kappa shape index (κ1) is 23.8. The molecule has 2 aromatic rings. The van der Waals surface area contributed by atoms with Gasteiger partial charge in [-0.25, -0.2) is 14.6 Å². The molecule has 0 bridgehead atoms. The molecule has 0 atom stereocenters. The third-order valence-electron chi connectivity index (χ3n) is 3.59. The third kappa shape index (κ3) is 6.49. The summed E-state index contributed by atoms with van der Waals surface area (Å²) in [6.07, 6.45) is 0. The van der Waals surface area contributed by atoms with Gasteiger partial charge in [-0.15, -0.1) is 0 Å². The van der Waals surface area contributed by atoms with Crippen molar-refractivity contribution in [2.75, 3.05) is 6.61 Å². The van der Waals surface area contributed by atoms with Gasteiger partial charge in [-0.2, -0.15) is 0 Å². The molecular formula is C20H25N3O8. The van der Waals surface area contributed by atoms with Crippen molar-refractivity contribution in [3.8, 4) is 0 Å². The number of nitro benzene ring substituents is 1. The molecule has 11 heteroatoms. The summed E-state index contributed by atoms with van der Waals surface area (Å²) in [4.78, 5) is 51.5.